The number of rotatable bonds is 0. The Labute approximate surface area is 110 Å². The molecule has 0 saturated heterocycles. The van der Waals surface area contributed by atoms with Gasteiger partial charge in [0.05, 0.1) is 0 Å². The molecule has 0 aliphatic carbocycles. The van der Waals surface area contributed by atoms with E-state index in [0.717, 1.165) is 0 Å². The maximum absolute atomic E-state index is 0. The van der Waals surface area contributed by atoms with Crippen molar-refractivity contribution in [1.82, 2.24) is 0 Å². The molecule has 4 heteroatoms. The first-order valence-corrected chi connectivity index (χ1v) is 0. The van der Waals surface area contributed by atoms with Crippen molar-refractivity contribution >= 4 is 71.7 Å². The Balaban J connectivity index is 0. The first kappa shape index (κ1) is 25.1. The molecule has 0 aliphatic rings. The van der Waals surface area contributed by atoms with Crippen LogP contribution in [0.1, 0.15) is 0 Å². The zero-order valence-corrected chi connectivity index (χ0v) is 14.3. The summed E-state index contributed by atoms with van der Waals surface area (Å²) in [4.78, 5) is 0. The van der Waals surface area contributed by atoms with E-state index in [9.17, 15) is 0 Å². The van der Waals surface area contributed by atoms with Crippen LogP contribution in [0.2, 0.25) is 0 Å². The normalized spacial score (nSPS) is 0. The summed E-state index contributed by atoms with van der Waals surface area (Å²) in [5, 5.41) is 0. The van der Waals surface area contributed by atoms with Gasteiger partial charge in [-0.05, 0) is 0 Å². The summed E-state index contributed by atoms with van der Waals surface area (Å²) in [6.45, 7) is 0. The Kier molecular flexibility index (Phi) is 99.5. The molecule has 0 saturated carbocycles. The van der Waals surface area contributed by atoms with Gasteiger partial charge in [0.2, 0.25) is 0 Å². The summed E-state index contributed by atoms with van der Waals surface area (Å²) in [5.74, 6) is 0. The molecule has 0 aromatic heterocycles. The van der Waals surface area contributed by atoms with Crippen molar-refractivity contribution in [2.24, 2.45) is 0 Å². The summed E-state index contributed by atoms with van der Waals surface area (Å²) in [6.07, 6.45) is 0. The maximum Gasteiger partial charge on any atom is 0 e. The molecule has 0 aromatic carbocycles. The van der Waals surface area contributed by atoms with E-state index in [0.29, 0.717) is 0 Å². The van der Waals surface area contributed by atoms with Crippen LogP contribution in [-0.4, -0.2) is 71.7 Å². The van der Waals surface area contributed by atoms with E-state index in [4.69, 9.17) is 0 Å². The van der Waals surface area contributed by atoms with E-state index in [-0.39, 0.29) is 113 Å². The van der Waals surface area contributed by atoms with E-state index in [1.807, 2.05) is 0 Å². The fourth-order valence-electron chi connectivity index (χ4n) is 0. The average Bonchev–Trinajstić information content (AvgIpc) is 0. The minimum absolute atomic E-state index is 0. The molecule has 0 spiro atoms. The molecule has 0 fully saturated rings. The number of hydrogen-bond donors (Lipinski definition) is 0. The molecule has 0 unspecified atom stereocenters. The minimum atomic E-state index is 0. The second-order valence-electron chi connectivity index (χ2n) is 0. The molecule has 0 bridgehead atoms. The van der Waals surface area contributed by atoms with Crippen molar-refractivity contribution in [3.8, 4) is 0 Å². The number of hydrogen-bond acceptors (Lipinski definition) is 0. The molecule has 0 nitrogen and oxygen atoms in total. The van der Waals surface area contributed by atoms with Gasteiger partial charge in [0.25, 0.3) is 0 Å². The summed E-state index contributed by atoms with van der Waals surface area (Å²) < 4.78 is 0. The van der Waals surface area contributed by atoms with Crippen LogP contribution in [0.15, 0.2) is 0 Å². The van der Waals surface area contributed by atoms with Gasteiger partial charge >= 0.3 is 0 Å². The summed E-state index contributed by atoms with van der Waals surface area (Å²) in [6, 6.07) is 0. The summed E-state index contributed by atoms with van der Waals surface area (Å²) in [7, 11) is 0. The molecule has 0 atom stereocenters. The van der Waals surface area contributed by atoms with Crippen LogP contribution >= 0.6 is 0 Å². The SMILES string of the molecule is [Pr].[Sn].[Sn].[Sn]. The van der Waals surface area contributed by atoms with Crippen molar-refractivity contribution in [3.63, 3.8) is 0 Å². The summed E-state index contributed by atoms with van der Waals surface area (Å²) >= 11 is 0. The quantitative estimate of drug-likeness (QED) is 0.372. The molecule has 0 N–H and O–H groups in total. The van der Waals surface area contributed by atoms with Crippen molar-refractivity contribution in [2.75, 3.05) is 0 Å². The molecular weight excluding hydrogens is 497 g/mol. The van der Waals surface area contributed by atoms with Gasteiger partial charge in [-0.3, -0.25) is 0 Å². The molecule has 15 valence electrons. The fourth-order valence-corrected chi connectivity index (χ4v) is 0. The van der Waals surface area contributed by atoms with Crippen LogP contribution in [0, 0.1) is 41.3 Å². The van der Waals surface area contributed by atoms with E-state index < -0.39 is 0 Å². The first-order valence-electron chi connectivity index (χ1n) is 0. The second-order valence-corrected chi connectivity index (χ2v) is 0. The van der Waals surface area contributed by atoms with Crippen LogP contribution in [0.25, 0.3) is 0 Å². The smallest absolute Gasteiger partial charge is 0 e. The monoisotopic (exact) mass is 501 g/mol. The molecule has 0 aromatic rings. The van der Waals surface area contributed by atoms with Gasteiger partial charge in [-0.1, -0.05) is 0 Å². The third-order valence-electron chi connectivity index (χ3n) is 0. The van der Waals surface area contributed by atoms with E-state index in [1.54, 1.807) is 0 Å². The van der Waals surface area contributed by atoms with Gasteiger partial charge in [0, 0.05) is 113 Å². The van der Waals surface area contributed by atoms with Gasteiger partial charge in [0.15, 0.2) is 0 Å². The Morgan fingerprint density at radius 1 is 0.500 bits per heavy atom. The van der Waals surface area contributed by atoms with Gasteiger partial charge < -0.3 is 0 Å². The third kappa shape index (κ3) is 9.23. The van der Waals surface area contributed by atoms with Crippen molar-refractivity contribution in [2.45, 2.75) is 0 Å². The topological polar surface area (TPSA) is 0 Å². The molecule has 13 radical (unpaired) electrons. The zero-order valence-electron chi connectivity index (χ0n) is 2.08. The predicted molar refractivity (Wildman–Crippen MR) is 17.3 cm³/mol. The molecular formula is PrSn3. The van der Waals surface area contributed by atoms with Gasteiger partial charge in [-0.25, -0.2) is 0 Å². The van der Waals surface area contributed by atoms with Crippen molar-refractivity contribution in [3.05, 3.63) is 0 Å². The summed E-state index contributed by atoms with van der Waals surface area (Å²) in [5.41, 5.74) is 0. The first-order chi connectivity index (χ1) is 0. The Morgan fingerprint density at radius 2 is 0.500 bits per heavy atom. The standard InChI is InChI=1S/Pr.3Sn. The Hall–Kier alpha value is 3.76. The van der Waals surface area contributed by atoms with Crippen molar-refractivity contribution in [1.29, 1.82) is 0 Å². The third-order valence-corrected chi connectivity index (χ3v) is 0. The maximum atomic E-state index is 0. The van der Waals surface area contributed by atoms with Gasteiger partial charge in [-0.15, -0.1) is 0 Å². The Morgan fingerprint density at radius 3 is 0.500 bits per heavy atom. The van der Waals surface area contributed by atoms with Gasteiger partial charge in [-0.2, -0.15) is 0 Å². The van der Waals surface area contributed by atoms with Gasteiger partial charge in [0.1, 0.15) is 0 Å². The van der Waals surface area contributed by atoms with Crippen LogP contribution in [-0.2, 0) is 0 Å². The molecule has 0 aliphatic heterocycles. The van der Waals surface area contributed by atoms with E-state index >= 15 is 0 Å². The molecule has 4 heavy (non-hydrogen) atoms. The second kappa shape index (κ2) is 15.9. The Bertz CT molecular complexity index is 3.25. The van der Waals surface area contributed by atoms with Crippen LogP contribution in [0.3, 0.4) is 0 Å². The largest absolute Gasteiger partial charge is 0 e. The predicted octanol–water partition coefficient (Wildman–Crippen LogP) is -1.14. The van der Waals surface area contributed by atoms with E-state index in [1.165, 1.54) is 0 Å². The van der Waals surface area contributed by atoms with E-state index in [2.05, 4.69) is 0 Å². The van der Waals surface area contributed by atoms with Crippen molar-refractivity contribution < 1.29 is 41.3 Å². The molecule has 0 amide bonds. The molecule has 0 heterocycles. The van der Waals surface area contributed by atoms with Crippen LogP contribution in [0.4, 0.5) is 0 Å². The average molecular weight is 497 g/mol. The van der Waals surface area contributed by atoms with Crippen LogP contribution < -0.4 is 0 Å². The zero-order chi connectivity index (χ0) is 0. The fraction of sp³-hybridized carbons (Fsp3) is 0. The minimum Gasteiger partial charge on any atom is 0 e. The molecule has 0 rings (SSSR count). The van der Waals surface area contributed by atoms with Crippen LogP contribution in [0.5, 0.6) is 0 Å².